The van der Waals surface area contributed by atoms with E-state index in [4.69, 9.17) is 4.98 Å². The van der Waals surface area contributed by atoms with Gasteiger partial charge in [-0.15, -0.1) is 0 Å². The first-order chi connectivity index (χ1) is 12.0. The molecule has 0 saturated heterocycles. The summed E-state index contributed by atoms with van der Waals surface area (Å²) < 4.78 is 0. The summed E-state index contributed by atoms with van der Waals surface area (Å²) in [5.74, 6) is 1.01. The monoisotopic (exact) mass is 331 g/mol. The Morgan fingerprint density at radius 1 is 1.08 bits per heavy atom. The highest BCUT2D eigenvalue weighted by Gasteiger charge is 2.43. The third-order valence-electron chi connectivity index (χ3n) is 4.98. The van der Waals surface area contributed by atoms with Crippen LogP contribution in [0.2, 0.25) is 0 Å². The highest BCUT2D eigenvalue weighted by atomic mass is 16.2. The number of carbonyl (C=O) groups excluding carboxylic acids is 1. The predicted octanol–water partition coefficient (Wildman–Crippen LogP) is 4.39. The number of imidazole rings is 1. The molecule has 2 aromatic carbocycles. The molecule has 4 heteroatoms. The van der Waals surface area contributed by atoms with E-state index in [1.807, 2.05) is 74.3 Å². The summed E-state index contributed by atoms with van der Waals surface area (Å²) in [4.78, 5) is 22.5. The molecule has 1 amide bonds. The molecule has 4 rings (SSSR count). The molecule has 0 radical (unpaired) electrons. The summed E-state index contributed by atoms with van der Waals surface area (Å²) in [6.45, 7) is 6.69. The number of aromatic nitrogens is 2. The second-order valence-corrected chi connectivity index (χ2v) is 6.91. The third-order valence-corrected chi connectivity index (χ3v) is 4.98. The van der Waals surface area contributed by atoms with Crippen LogP contribution < -0.4 is 4.90 Å². The van der Waals surface area contributed by atoms with Crippen LogP contribution in [0.5, 0.6) is 0 Å². The summed E-state index contributed by atoms with van der Waals surface area (Å²) >= 11 is 0. The molecule has 1 aliphatic heterocycles. The summed E-state index contributed by atoms with van der Waals surface area (Å²) in [6.07, 6.45) is 1.92. The van der Waals surface area contributed by atoms with E-state index in [1.54, 1.807) is 0 Å². The van der Waals surface area contributed by atoms with E-state index < -0.39 is 5.41 Å². The summed E-state index contributed by atoms with van der Waals surface area (Å²) in [5.41, 5.74) is 4.56. The number of likely N-dealkylation sites (N-methyl/N-ethyl adjacent to an activating group) is 1. The molecule has 0 aliphatic carbocycles. The average molecular weight is 331 g/mol. The van der Waals surface area contributed by atoms with Crippen LogP contribution >= 0.6 is 0 Å². The van der Waals surface area contributed by atoms with Crippen molar-refractivity contribution in [3.05, 3.63) is 60.3 Å². The molecular weight excluding hydrogens is 310 g/mol. The first-order valence-corrected chi connectivity index (χ1v) is 8.60. The Hall–Kier alpha value is -2.88. The Labute approximate surface area is 147 Å². The van der Waals surface area contributed by atoms with E-state index in [9.17, 15) is 4.79 Å². The van der Waals surface area contributed by atoms with E-state index >= 15 is 0 Å². The van der Waals surface area contributed by atoms with Crippen molar-refractivity contribution in [3.63, 3.8) is 0 Å². The van der Waals surface area contributed by atoms with Crippen LogP contribution in [-0.2, 0) is 10.2 Å². The molecule has 0 fully saturated rings. The van der Waals surface area contributed by atoms with Crippen LogP contribution in [0.1, 0.15) is 26.3 Å². The fraction of sp³-hybridized carbons (Fsp3) is 0.238. The summed E-state index contributed by atoms with van der Waals surface area (Å²) in [7, 11) is 0. The molecule has 0 spiro atoms. The van der Waals surface area contributed by atoms with Crippen LogP contribution in [0.25, 0.3) is 22.6 Å². The molecule has 0 saturated carbocycles. The zero-order valence-corrected chi connectivity index (χ0v) is 14.7. The molecule has 0 bridgehead atoms. The topological polar surface area (TPSA) is 49.0 Å². The molecule has 2 heterocycles. The Kier molecular flexibility index (Phi) is 3.49. The second-order valence-electron chi connectivity index (χ2n) is 6.91. The number of rotatable bonds is 3. The lowest BCUT2D eigenvalue weighted by Crippen LogP contribution is -2.35. The zero-order chi connectivity index (χ0) is 17.6. The molecule has 4 nitrogen and oxygen atoms in total. The van der Waals surface area contributed by atoms with Crippen molar-refractivity contribution in [2.24, 2.45) is 0 Å². The summed E-state index contributed by atoms with van der Waals surface area (Å²) in [5, 5.41) is 0. The van der Waals surface area contributed by atoms with Gasteiger partial charge < -0.3 is 9.88 Å². The largest absolute Gasteiger partial charge is 0.344 e. The van der Waals surface area contributed by atoms with Gasteiger partial charge in [0.25, 0.3) is 0 Å². The lowest BCUT2D eigenvalue weighted by Gasteiger charge is -2.18. The standard InChI is InChI=1S/C21H21N3O/c1-4-24-18-11-10-15(12-16(18)21(2,3)20(24)25)17-13-22-19(23-17)14-8-6-5-7-9-14/h5-13H,4H2,1-3H3,(H,22,23). The Morgan fingerprint density at radius 3 is 2.56 bits per heavy atom. The maximum atomic E-state index is 12.7. The van der Waals surface area contributed by atoms with Gasteiger partial charge in [-0.25, -0.2) is 4.98 Å². The number of H-pyrrole nitrogens is 1. The number of nitrogens with one attached hydrogen (secondary N) is 1. The van der Waals surface area contributed by atoms with Gasteiger partial charge in [0, 0.05) is 29.6 Å². The Balaban J connectivity index is 1.76. The number of nitrogens with zero attached hydrogens (tertiary/aromatic N) is 2. The maximum Gasteiger partial charge on any atom is 0.237 e. The van der Waals surface area contributed by atoms with Crippen molar-refractivity contribution in [3.8, 4) is 22.6 Å². The minimum Gasteiger partial charge on any atom is -0.344 e. The number of amides is 1. The van der Waals surface area contributed by atoms with E-state index in [0.29, 0.717) is 6.54 Å². The molecular formula is C21H21N3O. The smallest absolute Gasteiger partial charge is 0.237 e. The lowest BCUT2D eigenvalue weighted by atomic mass is 9.85. The number of anilines is 1. The van der Waals surface area contributed by atoms with E-state index in [1.165, 1.54) is 0 Å². The van der Waals surface area contributed by atoms with Crippen LogP contribution in [0.15, 0.2) is 54.7 Å². The van der Waals surface area contributed by atoms with E-state index in [2.05, 4.69) is 11.1 Å². The Morgan fingerprint density at radius 2 is 1.84 bits per heavy atom. The number of benzene rings is 2. The van der Waals surface area contributed by atoms with Gasteiger partial charge in [-0.3, -0.25) is 4.79 Å². The molecule has 0 unspecified atom stereocenters. The number of fused-ring (bicyclic) bond motifs is 1. The Bertz CT molecular complexity index is 941. The second kappa shape index (κ2) is 5.59. The molecule has 126 valence electrons. The van der Waals surface area contributed by atoms with Crippen molar-refractivity contribution in [1.29, 1.82) is 0 Å². The molecule has 25 heavy (non-hydrogen) atoms. The molecule has 1 N–H and O–H groups in total. The van der Waals surface area contributed by atoms with Gasteiger partial charge in [-0.05, 0) is 38.5 Å². The van der Waals surface area contributed by atoms with Gasteiger partial charge in [0.1, 0.15) is 5.82 Å². The van der Waals surface area contributed by atoms with Crippen molar-refractivity contribution >= 4 is 11.6 Å². The number of hydrogen-bond acceptors (Lipinski definition) is 2. The van der Waals surface area contributed by atoms with Gasteiger partial charge >= 0.3 is 0 Å². The molecule has 1 aromatic heterocycles. The lowest BCUT2D eigenvalue weighted by molar-refractivity contribution is -0.122. The first kappa shape index (κ1) is 15.6. The van der Waals surface area contributed by atoms with Gasteiger partial charge in [0.15, 0.2) is 0 Å². The quantitative estimate of drug-likeness (QED) is 0.774. The van der Waals surface area contributed by atoms with Crippen LogP contribution in [-0.4, -0.2) is 22.4 Å². The van der Waals surface area contributed by atoms with E-state index in [0.717, 1.165) is 33.9 Å². The summed E-state index contributed by atoms with van der Waals surface area (Å²) in [6, 6.07) is 16.2. The maximum absolute atomic E-state index is 12.7. The van der Waals surface area contributed by atoms with Crippen molar-refractivity contribution in [2.75, 3.05) is 11.4 Å². The first-order valence-electron chi connectivity index (χ1n) is 8.60. The molecule has 3 aromatic rings. The van der Waals surface area contributed by atoms with Crippen molar-refractivity contribution in [1.82, 2.24) is 9.97 Å². The number of hydrogen-bond donors (Lipinski definition) is 1. The number of carbonyl (C=O) groups is 1. The van der Waals surface area contributed by atoms with Crippen molar-refractivity contribution in [2.45, 2.75) is 26.2 Å². The highest BCUT2D eigenvalue weighted by molar-refractivity contribution is 6.08. The van der Waals surface area contributed by atoms with Crippen LogP contribution in [0.3, 0.4) is 0 Å². The van der Waals surface area contributed by atoms with Gasteiger partial charge in [0.05, 0.1) is 11.1 Å². The zero-order valence-electron chi connectivity index (χ0n) is 14.7. The van der Waals surface area contributed by atoms with Gasteiger partial charge in [-0.1, -0.05) is 36.4 Å². The predicted molar refractivity (Wildman–Crippen MR) is 101 cm³/mol. The highest BCUT2D eigenvalue weighted by Crippen LogP contribution is 2.43. The molecule has 1 aliphatic rings. The normalized spacial score (nSPS) is 15.5. The van der Waals surface area contributed by atoms with Crippen LogP contribution in [0.4, 0.5) is 5.69 Å². The SMILES string of the molecule is CCN1C(=O)C(C)(C)c2cc(-c3c[nH]c(-c4ccccc4)n3)ccc21. The van der Waals surface area contributed by atoms with Crippen LogP contribution in [0, 0.1) is 0 Å². The van der Waals surface area contributed by atoms with Gasteiger partial charge in [0.2, 0.25) is 5.91 Å². The minimum absolute atomic E-state index is 0.161. The average Bonchev–Trinajstić information content (AvgIpc) is 3.19. The third kappa shape index (κ3) is 2.37. The fourth-order valence-corrected chi connectivity index (χ4v) is 3.52. The van der Waals surface area contributed by atoms with Gasteiger partial charge in [-0.2, -0.15) is 0 Å². The fourth-order valence-electron chi connectivity index (χ4n) is 3.52. The molecule has 0 atom stereocenters. The minimum atomic E-state index is -0.500. The van der Waals surface area contributed by atoms with Crippen molar-refractivity contribution < 1.29 is 4.79 Å². The van der Waals surface area contributed by atoms with E-state index in [-0.39, 0.29) is 5.91 Å². The number of aromatic amines is 1.